The van der Waals surface area contributed by atoms with Crippen molar-refractivity contribution in [1.82, 2.24) is 9.78 Å². The highest BCUT2D eigenvalue weighted by Crippen LogP contribution is 2.31. The second-order valence-electron chi connectivity index (χ2n) is 6.51. The van der Waals surface area contributed by atoms with Gasteiger partial charge in [0, 0.05) is 19.2 Å². The highest BCUT2D eigenvalue weighted by atomic mass is 16.6. The number of non-ortho nitro benzene ring substituents is 1. The first-order chi connectivity index (χ1) is 14.2. The first kappa shape index (κ1) is 20.5. The molecular weight excluding hydrogens is 394 g/mol. The van der Waals surface area contributed by atoms with E-state index in [1.165, 1.54) is 26.1 Å². The van der Waals surface area contributed by atoms with Crippen LogP contribution in [0.15, 0.2) is 42.5 Å². The number of rotatable bonds is 6. The Morgan fingerprint density at radius 3 is 2.30 bits per heavy atom. The van der Waals surface area contributed by atoms with Crippen LogP contribution in [0.2, 0.25) is 0 Å². The molecule has 3 rings (SSSR count). The Morgan fingerprint density at radius 2 is 1.70 bits per heavy atom. The minimum Gasteiger partial charge on any atom is -0.457 e. The largest absolute Gasteiger partial charge is 0.457 e. The molecule has 11 heteroatoms. The van der Waals surface area contributed by atoms with Gasteiger partial charge in [-0.15, -0.1) is 0 Å². The molecule has 154 valence electrons. The minimum absolute atomic E-state index is 0.0458. The number of ether oxygens (including phenoxy) is 1. The summed E-state index contributed by atoms with van der Waals surface area (Å²) in [5.41, 5.74) is 0.120. The zero-order valence-electron chi connectivity index (χ0n) is 16.3. The summed E-state index contributed by atoms with van der Waals surface area (Å²) in [6.45, 7) is 3.32. The lowest BCUT2D eigenvalue weighted by atomic mass is 10.2. The van der Waals surface area contributed by atoms with Crippen LogP contribution >= 0.6 is 0 Å². The van der Waals surface area contributed by atoms with Crippen molar-refractivity contribution in [2.75, 3.05) is 5.32 Å². The fourth-order valence-corrected chi connectivity index (χ4v) is 2.87. The van der Waals surface area contributed by atoms with Crippen molar-refractivity contribution in [2.45, 2.75) is 13.8 Å². The number of carbonyl (C=O) groups is 1. The number of nitrogens with zero attached hydrogens (tertiary/aromatic N) is 4. The lowest BCUT2D eigenvalue weighted by Crippen LogP contribution is -2.17. The molecule has 0 aliphatic rings. The van der Waals surface area contributed by atoms with E-state index in [4.69, 9.17) is 4.74 Å². The van der Waals surface area contributed by atoms with Crippen LogP contribution in [0.4, 0.5) is 17.1 Å². The van der Waals surface area contributed by atoms with E-state index in [1.807, 2.05) is 19.1 Å². The van der Waals surface area contributed by atoms with Gasteiger partial charge >= 0.3 is 5.69 Å². The summed E-state index contributed by atoms with van der Waals surface area (Å²) in [4.78, 5) is 33.9. The monoisotopic (exact) mass is 411 g/mol. The van der Waals surface area contributed by atoms with Crippen molar-refractivity contribution >= 4 is 23.0 Å². The number of nitro groups is 2. The lowest BCUT2D eigenvalue weighted by molar-refractivity contribution is -0.385. The van der Waals surface area contributed by atoms with E-state index in [-0.39, 0.29) is 28.5 Å². The molecule has 30 heavy (non-hydrogen) atoms. The summed E-state index contributed by atoms with van der Waals surface area (Å²) in [6.07, 6.45) is 0. The minimum atomic E-state index is -0.827. The maximum absolute atomic E-state index is 12.7. The van der Waals surface area contributed by atoms with E-state index in [2.05, 4.69) is 10.4 Å². The first-order valence-electron chi connectivity index (χ1n) is 8.69. The van der Waals surface area contributed by atoms with Crippen molar-refractivity contribution < 1.29 is 19.4 Å². The van der Waals surface area contributed by atoms with E-state index in [1.54, 1.807) is 12.1 Å². The first-order valence-corrected chi connectivity index (χ1v) is 8.69. The third-order valence-corrected chi connectivity index (χ3v) is 4.20. The number of nitrogens with one attached hydrogen (secondary N) is 1. The summed E-state index contributed by atoms with van der Waals surface area (Å²) >= 11 is 0. The van der Waals surface area contributed by atoms with Gasteiger partial charge in [-0.05, 0) is 26.0 Å². The summed E-state index contributed by atoms with van der Waals surface area (Å²) in [5.74, 6) is -0.248. The number of aryl methyl sites for hydroxylation is 3. The maximum Gasteiger partial charge on any atom is 0.322 e. The van der Waals surface area contributed by atoms with Crippen molar-refractivity contribution in [2.24, 2.45) is 7.05 Å². The van der Waals surface area contributed by atoms with Gasteiger partial charge in [-0.1, -0.05) is 17.7 Å². The molecule has 0 bridgehead atoms. The molecule has 1 aromatic heterocycles. The van der Waals surface area contributed by atoms with Gasteiger partial charge in [-0.2, -0.15) is 5.10 Å². The third kappa shape index (κ3) is 4.24. The maximum atomic E-state index is 12.7. The van der Waals surface area contributed by atoms with Crippen LogP contribution in [-0.4, -0.2) is 25.5 Å². The van der Waals surface area contributed by atoms with Gasteiger partial charge in [0.1, 0.15) is 17.2 Å². The Bertz CT molecular complexity index is 1150. The molecule has 0 fully saturated rings. The highest BCUT2D eigenvalue weighted by Gasteiger charge is 2.29. The van der Waals surface area contributed by atoms with Gasteiger partial charge in [0.25, 0.3) is 11.6 Å². The smallest absolute Gasteiger partial charge is 0.322 e. The normalized spacial score (nSPS) is 10.5. The molecule has 0 atom stereocenters. The van der Waals surface area contributed by atoms with Crippen LogP contribution in [0.3, 0.4) is 0 Å². The van der Waals surface area contributed by atoms with E-state index in [9.17, 15) is 25.0 Å². The number of hydrogen-bond acceptors (Lipinski definition) is 7. The summed E-state index contributed by atoms with van der Waals surface area (Å²) in [7, 11) is 1.40. The Morgan fingerprint density at radius 1 is 1.03 bits per heavy atom. The van der Waals surface area contributed by atoms with E-state index in [0.29, 0.717) is 5.75 Å². The van der Waals surface area contributed by atoms with Gasteiger partial charge in [-0.25, -0.2) is 0 Å². The van der Waals surface area contributed by atoms with Crippen LogP contribution in [0.5, 0.6) is 11.5 Å². The van der Waals surface area contributed by atoms with Crippen LogP contribution in [0.1, 0.15) is 21.7 Å². The van der Waals surface area contributed by atoms with Gasteiger partial charge < -0.3 is 10.1 Å². The van der Waals surface area contributed by atoms with E-state index in [0.717, 1.165) is 16.3 Å². The number of benzene rings is 2. The van der Waals surface area contributed by atoms with Gasteiger partial charge in [-0.3, -0.25) is 29.7 Å². The average molecular weight is 411 g/mol. The molecule has 0 spiro atoms. The number of anilines is 1. The molecular formula is C19H17N5O6. The summed E-state index contributed by atoms with van der Waals surface area (Å²) < 4.78 is 6.75. The molecule has 0 saturated heterocycles. The van der Waals surface area contributed by atoms with Crippen LogP contribution in [-0.2, 0) is 7.05 Å². The quantitative estimate of drug-likeness (QED) is 0.479. The molecule has 0 aliphatic carbocycles. The Labute approximate surface area is 170 Å². The highest BCUT2D eigenvalue weighted by molar-refractivity contribution is 6.06. The predicted molar refractivity (Wildman–Crippen MR) is 107 cm³/mol. The molecule has 0 unspecified atom stereocenters. The molecule has 3 aromatic rings. The second kappa shape index (κ2) is 7.99. The Balaban J connectivity index is 1.95. The molecule has 11 nitrogen and oxygen atoms in total. The number of carbonyl (C=O) groups excluding carboxylic acids is 1. The lowest BCUT2D eigenvalue weighted by Gasteiger charge is -2.10. The average Bonchev–Trinajstić information content (AvgIpc) is 2.97. The van der Waals surface area contributed by atoms with Crippen molar-refractivity contribution in [1.29, 1.82) is 0 Å². The van der Waals surface area contributed by atoms with Crippen molar-refractivity contribution in [3.05, 3.63) is 79.6 Å². The number of aromatic nitrogens is 2. The number of nitro benzene ring substituents is 1. The van der Waals surface area contributed by atoms with Crippen LogP contribution in [0.25, 0.3) is 0 Å². The molecule has 1 N–H and O–H groups in total. The Hall–Kier alpha value is -4.28. The molecule has 2 aromatic carbocycles. The van der Waals surface area contributed by atoms with Crippen molar-refractivity contribution in [3.8, 4) is 11.5 Å². The summed E-state index contributed by atoms with van der Waals surface area (Å²) in [5, 5.41) is 28.9. The SMILES string of the molecule is Cc1ccc(Oc2cc(NC(=O)c3c([N+](=O)[O-])c(C)nn3C)cc([N+](=O)[O-])c2)cc1. The third-order valence-electron chi connectivity index (χ3n) is 4.20. The fraction of sp³-hybridized carbons (Fsp3) is 0.158. The zero-order valence-corrected chi connectivity index (χ0v) is 16.3. The molecule has 1 heterocycles. The molecule has 0 saturated carbocycles. The Kier molecular flexibility index (Phi) is 5.45. The van der Waals surface area contributed by atoms with Gasteiger partial charge in [0.15, 0.2) is 0 Å². The number of hydrogen-bond donors (Lipinski definition) is 1. The zero-order chi connectivity index (χ0) is 22.0. The topological polar surface area (TPSA) is 142 Å². The second-order valence-corrected chi connectivity index (χ2v) is 6.51. The molecule has 0 radical (unpaired) electrons. The number of amides is 1. The summed E-state index contributed by atoms with van der Waals surface area (Å²) in [6, 6.07) is 10.8. The van der Waals surface area contributed by atoms with E-state index < -0.39 is 21.4 Å². The standard InChI is InChI=1S/C19H17N5O6/c1-11-4-6-15(7-5-11)30-16-9-13(8-14(10-16)23(26)27)20-19(25)18-17(24(28)29)12(2)21-22(18)3/h4-10H,1-3H3,(H,20,25). The molecule has 1 amide bonds. The fourth-order valence-electron chi connectivity index (χ4n) is 2.87. The van der Waals surface area contributed by atoms with Gasteiger partial charge in [0.05, 0.1) is 21.6 Å². The van der Waals surface area contributed by atoms with Gasteiger partial charge in [0.2, 0.25) is 5.69 Å². The molecule has 0 aliphatic heterocycles. The van der Waals surface area contributed by atoms with Crippen LogP contribution in [0, 0.1) is 34.1 Å². The van der Waals surface area contributed by atoms with Crippen molar-refractivity contribution in [3.63, 3.8) is 0 Å². The van der Waals surface area contributed by atoms with Crippen LogP contribution < -0.4 is 10.1 Å². The predicted octanol–water partition coefficient (Wildman–Crippen LogP) is 3.90. The van der Waals surface area contributed by atoms with E-state index >= 15 is 0 Å².